The number of benzene rings is 2. The molecule has 0 radical (unpaired) electrons. The number of carbonyl (C=O) groups excluding carboxylic acids is 1. The van der Waals surface area contributed by atoms with Gasteiger partial charge in [0, 0.05) is 18.3 Å². The number of urea groups is 1. The molecule has 2 rings (SSSR count). The first-order valence-corrected chi connectivity index (χ1v) is 7.55. The van der Waals surface area contributed by atoms with Crippen molar-refractivity contribution in [3.63, 3.8) is 0 Å². The molecule has 0 aliphatic heterocycles. The van der Waals surface area contributed by atoms with Crippen LogP contribution in [0.2, 0.25) is 0 Å². The van der Waals surface area contributed by atoms with Crippen LogP contribution in [-0.4, -0.2) is 29.7 Å². The molecule has 0 fully saturated rings. The summed E-state index contributed by atoms with van der Waals surface area (Å²) in [6.45, 7) is 4.40. The quantitative estimate of drug-likeness (QED) is 0.876. The number of amides is 2. The number of aromatic hydroxyl groups is 1. The Bertz CT molecular complexity index is 673. The minimum absolute atomic E-state index is 0.155. The van der Waals surface area contributed by atoms with Gasteiger partial charge in [0.2, 0.25) is 0 Å². The van der Waals surface area contributed by atoms with Crippen molar-refractivity contribution in [3.05, 3.63) is 54.1 Å². The third-order valence-corrected chi connectivity index (χ3v) is 3.74. The SMILES string of the molecule is CCN(C(=O)Nc1cccc(OC)c1)C(C)c1cccc(O)c1. The van der Waals surface area contributed by atoms with Gasteiger partial charge in [0.1, 0.15) is 11.5 Å². The Morgan fingerprint density at radius 2 is 2.00 bits per heavy atom. The second-order valence-corrected chi connectivity index (χ2v) is 5.22. The van der Waals surface area contributed by atoms with Crippen LogP contribution in [0.3, 0.4) is 0 Å². The van der Waals surface area contributed by atoms with Gasteiger partial charge in [0.05, 0.1) is 13.2 Å². The minimum Gasteiger partial charge on any atom is -0.508 e. The van der Waals surface area contributed by atoms with Crippen molar-refractivity contribution in [2.75, 3.05) is 19.0 Å². The monoisotopic (exact) mass is 314 g/mol. The minimum atomic E-state index is -0.198. The fourth-order valence-corrected chi connectivity index (χ4v) is 2.45. The van der Waals surface area contributed by atoms with E-state index >= 15 is 0 Å². The molecular formula is C18H22N2O3. The first kappa shape index (κ1) is 16.7. The lowest BCUT2D eigenvalue weighted by Gasteiger charge is -2.28. The second kappa shape index (κ2) is 7.54. The van der Waals surface area contributed by atoms with Gasteiger partial charge in [-0.2, -0.15) is 0 Å². The third-order valence-electron chi connectivity index (χ3n) is 3.74. The molecule has 122 valence electrons. The largest absolute Gasteiger partial charge is 0.508 e. The highest BCUT2D eigenvalue weighted by atomic mass is 16.5. The molecule has 1 unspecified atom stereocenters. The number of phenolic OH excluding ortho intramolecular Hbond substituents is 1. The van der Waals surface area contributed by atoms with E-state index in [0.29, 0.717) is 18.0 Å². The van der Waals surface area contributed by atoms with Crippen molar-refractivity contribution in [3.8, 4) is 11.5 Å². The zero-order valence-electron chi connectivity index (χ0n) is 13.6. The molecule has 0 spiro atoms. The van der Waals surface area contributed by atoms with Crippen molar-refractivity contribution in [1.29, 1.82) is 0 Å². The number of nitrogens with one attached hydrogen (secondary N) is 1. The van der Waals surface area contributed by atoms with Crippen LogP contribution in [0.25, 0.3) is 0 Å². The van der Waals surface area contributed by atoms with E-state index in [-0.39, 0.29) is 17.8 Å². The van der Waals surface area contributed by atoms with Gasteiger partial charge in [-0.3, -0.25) is 0 Å². The zero-order valence-corrected chi connectivity index (χ0v) is 13.6. The second-order valence-electron chi connectivity index (χ2n) is 5.22. The molecular weight excluding hydrogens is 292 g/mol. The van der Waals surface area contributed by atoms with E-state index < -0.39 is 0 Å². The lowest BCUT2D eigenvalue weighted by atomic mass is 10.1. The van der Waals surface area contributed by atoms with Crippen LogP contribution in [0.1, 0.15) is 25.5 Å². The molecule has 0 aromatic heterocycles. The molecule has 2 aromatic carbocycles. The van der Waals surface area contributed by atoms with Crippen molar-refractivity contribution in [2.45, 2.75) is 19.9 Å². The summed E-state index contributed by atoms with van der Waals surface area (Å²) in [6.07, 6.45) is 0. The zero-order chi connectivity index (χ0) is 16.8. The summed E-state index contributed by atoms with van der Waals surface area (Å²) in [7, 11) is 1.59. The number of hydrogen-bond donors (Lipinski definition) is 2. The molecule has 0 bridgehead atoms. The van der Waals surface area contributed by atoms with Crippen molar-refractivity contribution >= 4 is 11.7 Å². The number of rotatable bonds is 5. The number of anilines is 1. The van der Waals surface area contributed by atoms with Gasteiger partial charge in [-0.25, -0.2) is 4.79 Å². The highest BCUT2D eigenvalue weighted by Crippen LogP contribution is 2.24. The van der Waals surface area contributed by atoms with Gasteiger partial charge in [-0.15, -0.1) is 0 Å². The van der Waals surface area contributed by atoms with Gasteiger partial charge in [-0.1, -0.05) is 18.2 Å². The van der Waals surface area contributed by atoms with Gasteiger partial charge in [0.25, 0.3) is 0 Å². The summed E-state index contributed by atoms with van der Waals surface area (Å²) in [5.41, 5.74) is 1.56. The molecule has 2 N–H and O–H groups in total. The summed E-state index contributed by atoms with van der Waals surface area (Å²) < 4.78 is 5.16. The molecule has 0 saturated heterocycles. The molecule has 0 saturated carbocycles. The first-order valence-electron chi connectivity index (χ1n) is 7.55. The Balaban J connectivity index is 2.14. The third kappa shape index (κ3) is 4.16. The van der Waals surface area contributed by atoms with E-state index in [1.165, 1.54) is 0 Å². The van der Waals surface area contributed by atoms with Crippen LogP contribution >= 0.6 is 0 Å². The van der Waals surface area contributed by atoms with Gasteiger partial charge in [0.15, 0.2) is 0 Å². The maximum absolute atomic E-state index is 12.6. The number of nitrogens with zero attached hydrogens (tertiary/aromatic N) is 1. The molecule has 0 heterocycles. The number of carbonyl (C=O) groups is 1. The average molecular weight is 314 g/mol. The Morgan fingerprint density at radius 3 is 2.65 bits per heavy atom. The fraction of sp³-hybridized carbons (Fsp3) is 0.278. The predicted molar refractivity (Wildman–Crippen MR) is 90.9 cm³/mol. The van der Waals surface area contributed by atoms with E-state index in [1.807, 2.05) is 38.1 Å². The molecule has 5 nitrogen and oxygen atoms in total. The fourth-order valence-electron chi connectivity index (χ4n) is 2.45. The summed E-state index contributed by atoms with van der Waals surface area (Å²) in [4.78, 5) is 14.3. The average Bonchev–Trinajstić information content (AvgIpc) is 2.55. The highest BCUT2D eigenvalue weighted by molar-refractivity contribution is 5.89. The van der Waals surface area contributed by atoms with Gasteiger partial charge in [-0.05, 0) is 43.7 Å². The van der Waals surface area contributed by atoms with E-state index in [0.717, 1.165) is 5.56 Å². The van der Waals surface area contributed by atoms with E-state index in [2.05, 4.69) is 5.32 Å². The number of methoxy groups -OCH3 is 1. The summed E-state index contributed by atoms with van der Waals surface area (Å²) >= 11 is 0. The summed E-state index contributed by atoms with van der Waals surface area (Å²) in [5.74, 6) is 0.880. The number of phenols is 1. The molecule has 0 aliphatic carbocycles. The van der Waals surface area contributed by atoms with E-state index in [4.69, 9.17) is 4.74 Å². The standard InChI is InChI=1S/C18H22N2O3/c1-4-20(13(2)14-7-5-9-16(21)11-14)18(22)19-15-8-6-10-17(12-15)23-3/h5-13,21H,4H2,1-3H3,(H,19,22). The Morgan fingerprint density at radius 1 is 1.26 bits per heavy atom. The maximum Gasteiger partial charge on any atom is 0.322 e. The normalized spacial score (nSPS) is 11.6. The van der Waals surface area contributed by atoms with Gasteiger partial charge < -0.3 is 20.1 Å². The van der Waals surface area contributed by atoms with E-state index in [9.17, 15) is 9.90 Å². The molecule has 5 heteroatoms. The molecule has 0 aliphatic rings. The number of hydrogen-bond acceptors (Lipinski definition) is 3. The molecule has 2 aromatic rings. The Labute approximate surface area is 136 Å². The lowest BCUT2D eigenvalue weighted by Crippen LogP contribution is -2.36. The Kier molecular flexibility index (Phi) is 5.46. The smallest absolute Gasteiger partial charge is 0.322 e. The van der Waals surface area contributed by atoms with Crippen LogP contribution in [0.4, 0.5) is 10.5 Å². The summed E-state index contributed by atoms with van der Waals surface area (Å²) in [5, 5.41) is 12.5. The number of ether oxygens (including phenoxy) is 1. The van der Waals surface area contributed by atoms with Crippen LogP contribution in [0.5, 0.6) is 11.5 Å². The van der Waals surface area contributed by atoms with Crippen molar-refractivity contribution in [2.24, 2.45) is 0 Å². The van der Waals surface area contributed by atoms with Crippen molar-refractivity contribution < 1.29 is 14.6 Å². The van der Waals surface area contributed by atoms with Crippen LogP contribution in [0, 0.1) is 0 Å². The summed E-state index contributed by atoms with van der Waals surface area (Å²) in [6, 6.07) is 13.8. The van der Waals surface area contributed by atoms with Crippen molar-refractivity contribution in [1.82, 2.24) is 4.90 Å². The Hall–Kier alpha value is -2.69. The molecule has 1 atom stereocenters. The maximum atomic E-state index is 12.6. The predicted octanol–water partition coefficient (Wildman–Crippen LogP) is 4.02. The molecule has 23 heavy (non-hydrogen) atoms. The highest BCUT2D eigenvalue weighted by Gasteiger charge is 2.20. The molecule has 2 amide bonds. The van der Waals surface area contributed by atoms with Crippen LogP contribution < -0.4 is 10.1 Å². The first-order chi connectivity index (χ1) is 11.0. The van der Waals surface area contributed by atoms with Crippen LogP contribution in [0.15, 0.2) is 48.5 Å². The van der Waals surface area contributed by atoms with Gasteiger partial charge >= 0.3 is 6.03 Å². The topological polar surface area (TPSA) is 61.8 Å². The lowest BCUT2D eigenvalue weighted by molar-refractivity contribution is 0.197. The van der Waals surface area contributed by atoms with E-state index in [1.54, 1.807) is 36.3 Å². The van der Waals surface area contributed by atoms with Crippen LogP contribution in [-0.2, 0) is 0 Å².